The van der Waals surface area contributed by atoms with E-state index in [2.05, 4.69) is 16.5 Å². The van der Waals surface area contributed by atoms with E-state index in [0.29, 0.717) is 45.6 Å². The molecular weight excluding hydrogens is 325 g/mol. The molecule has 2 aliphatic heterocycles. The van der Waals surface area contributed by atoms with Crippen LogP contribution >= 0.6 is 0 Å². The number of amides is 1. The van der Waals surface area contributed by atoms with Gasteiger partial charge < -0.3 is 10.0 Å². The van der Waals surface area contributed by atoms with Crippen LogP contribution in [0.5, 0.6) is 0 Å². The van der Waals surface area contributed by atoms with E-state index < -0.39 is 23.1 Å². The van der Waals surface area contributed by atoms with Gasteiger partial charge in [-0.2, -0.15) is 0 Å². The topological polar surface area (TPSA) is 73.7 Å². The summed E-state index contributed by atoms with van der Waals surface area (Å²) in [5, 5.41) is 9.87. The van der Waals surface area contributed by atoms with Crippen molar-refractivity contribution < 1.29 is 19.1 Å². The lowest BCUT2D eigenvalue weighted by molar-refractivity contribution is -0.150. The van der Waals surface area contributed by atoms with Crippen molar-refractivity contribution >= 4 is 11.9 Å². The van der Waals surface area contributed by atoms with Gasteiger partial charge in [-0.1, -0.05) is 6.08 Å². The standard InChI is InChI=1S/C18H22FN3O3/c1-2-7-21-10-13-11-22(8-3-5-18(13,12-21)17(24)25)16(23)14-4-6-20-9-15(14)19/h2,4,6,9,13H,1,3,5,7-8,10-12H2,(H,24,25)/t13-,18+/m0/s1. The fourth-order valence-electron chi connectivity index (χ4n) is 4.11. The zero-order valence-corrected chi connectivity index (χ0v) is 14.0. The van der Waals surface area contributed by atoms with Gasteiger partial charge in [-0.25, -0.2) is 4.39 Å². The van der Waals surface area contributed by atoms with Crippen molar-refractivity contribution in [2.45, 2.75) is 12.8 Å². The average molecular weight is 347 g/mol. The van der Waals surface area contributed by atoms with Gasteiger partial charge in [0.2, 0.25) is 0 Å². The van der Waals surface area contributed by atoms with Crippen molar-refractivity contribution in [2.75, 3.05) is 32.7 Å². The quantitative estimate of drug-likeness (QED) is 0.839. The molecule has 2 aliphatic rings. The van der Waals surface area contributed by atoms with Crippen LogP contribution in [0.2, 0.25) is 0 Å². The molecule has 25 heavy (non-hydrogen) atoms. The number of carbonyl (C=O) groups excluding carboxylic acids is 1. The van der Waals surface area contributed by atoms with Gasteiger partial charge in [-0.05, 0) is 18.9 Å². The number of carboxylic acid groups (broad SMARTS) is 1. The Labute approximate surface area is 145 Å². The average Bonchev–Trinajstić information content (AvgIpc) is 2.82. The summed E-state index contributed by atoms with van der Waals surface area (Å²) in [4.78, 5) is 32.1. The molecule has 2 fully saturated rings. The number of carboxylic acids is 1. The lowest BCUT2D eigenvalue weighted by Gasteiger charge is -2.29. The number of likely N-dealkylation sites (tertiary alicyclic amines) is 2. The predicted octanol–water partition coefficient (Wildman–Crippen LogP) is 1.65. The van der Waals surface area contributed by atoms with Gasteiger partial charge in [0.05, 0.1) is 17.2 Å². The molecule has 0 unspecified atom stereocenters. The highest BCUT2D eigenvalue weighted by atomic mass is 19.1. The Morgan fingerprint density at radius 2 is 2.28 bits per heavy atom. The Balaban J connectivity index is 1.85. The van der Waals surface area contributed by atoms with Crippen LogP contribution in [0.3, 0.4) is 0 Å². The molecule has 0 aliphatic carbocycles. The Hall–Kier alpha value is -2.28. The number of halogens is 1. The van der Waals surface area contributed by atoms with Crippen LogP contribution in [-0.2, 0) is 4.79 Å². The van der Waals surface area contributed by atoms with Crippen LogP contribution < -0.4 is 0 Å². The first-order valence-corrected chi connectivity index (χ1v) is 8.43. The van der Waals surface area contributed by atoms with Crippen LogP contribution in [-0.4, -0.2) is 64.5 Å². The maximum absolute atomic E-state index is 13.9. The molecule has 2 saturated heterocycles. The molecule has 1 amide bonds. The zero-order chi connectivity index (χ0) is 18.0. The minimum Gasteiger partial charge on any atom is -0.481 e. The minimum atomic E-state index is -0.852. The fraction of sp³-hybridized carbons (Fsp3) is 0.500. The molecule has 3 rings (SSSR count). The van der Waals surface area contributed by atoms with Gasteiger partial charge in [0.25, 0.3) is 5.91 Å². The Morgan fingerprint density at radius 1 is 1.48 bits per heavy atom. The monoisotopic (exact) mass is 347 g/mol. The third-order valence-electron chi connectivity index (χ3n) is 5.36. The Bertz CT molecular complexity index is 696. The highest BCUT2D eigenvalue weighted by molar-refractivity contribution is 5.94. The van der Waals surface area contributed by atoms with Gasteiger partial charge in [0.15, 0.2) is 5.82 Å². The number of fused-ring (bicyclic) bond motifs is 1. The number of carbonyl (C=O) groups is 2. The summed E-state index contributed by atoms with van der Waals surface area (Å²) in [6.07, 6.45) is 5.27. The molecule has 6 nitrogen and oxygen atoms in total. The van der Waals surface area contributed by atoms with E-state index in [1.54, 1.807) is 11.0 Å². The summed E-state index contributed by atoms with van der Waals surface area (Å²) in [5.41, 5.74) is -0.867. The van der Waals surface area contributed by atoms with Crippen molar-refractivity contribution in [3.63, 3.8) is 0 Å². The molecule has 0 radical (unpaired) electrons. The predicted molar refractivity (Wildman–Crippen MR) is 89.5 cm³/mol. The minimum absolute atomic E-state index is 0.0150. The van der Waals surface area contributed by atoms with Crippen LogP contribution in [0.4, 0.5) is 4.39 Å². The second kappa shape index (κ2) is 6.92. The van der Waals surface area contributed by atoms with Crippen LogP contribution in [0, 0.1) is 17.2 Å². The smallest absolute Gasteiger partial charge is 0.311 e. The fourth-order valence-corrected chi connectivity index (χ4v) is 4.11. The normalized spacial score (nSPS) is 26.8. The van der Waals surface area contributed by atoms with E-state index in [0.717, 1.165) is 6.20 Å². The number of rotatable bonds is 4. The highest BCUT2D eigenvalue weighted by Gasteiger charge is 2.53. The van der Waals surface area contributed by atoms with Crippen molar-refractivity contribution in [2.24, 2.45) is 11.3 Å². The van der Waals surface area contributed by atoms with Gasteiger partial charge in [-0.3, -0.25) is 19.5 Å². The molecule has 1 N–H and O–H groups in total. The SMILES string of the molecule is C=CCN1C[C@H]2CN(C(=O)c3ccncc3F)CCC[C@@]2(C(=O)O)C1. The molecular formula is C18H22FN3O3. The van der Waals surface area contributed by atoms with Gasteiger partial charge in [0.1, 0.15) is 0 Å². The van der Waals surface area contributed by atoms with Crippen molar-refractivity contribution in [3.8, 4) is 0 Å². The summed E-state index contributed by atoms with van der Waals surface area (Å²) in [6.45, 7) is 6.16. The maximum Gasteiger partial charge on any atom is 0.311 e. The third-order valence-corrected chi connectivity index (χ3v) is 5.36. The van der Waals surface area contributed by atoms with Crippen LogP contribution in [0.15, 0.2) is 31.1 Å². The number of pyridine rings is 1. The zero-order valence-electron chi connectivity index (χ0n) is 14.0. The molecule has 1 aromatic heterocycles. The molecule has 1 aromatic rings. The molecule has 134 valence electrons. The largest absolute Gasteiger partial charge is 0.481 e. The summed E-state index contributed by atoms with van der Waals surface area (Å²) < 4.78 is 13.9. The van der Waals surface area contributed by atoms with Crippen LogP contribution in [0.1, 0.15) is 23.2 Å². The Kier molecular flexibility index (Phi) is 4.85. The second-order valence-corrected chi connectivity index (χ2v) is 6.85. The molecule has 0 saturated carbocycles. The second-order valence-electron chi connectivity index (χ2n) is 6.85. The number of nitrogens with zero attached hydrogens (tertiary/aromatic N) is 3. The lowest BCUT2D eigenvalue weighted by atomic mass is 9.75. The molecule has 0 spiro atoms. The molecule has 3 heterocycles. The first kappa shape index (κ1) is 17.5. The van der Waals surface area contributed by atoms with E-state index in [1.165, 1.54) is 12.3 Å². The summed E-state index contributed by atoms with van der Waals surface area (Å²) in [5.74, 6) is -2.04. The lowest BCUT2D eigenvalue weighted by Crippen LogP contribution is -2.42. The van der Waals surface area contributed by atoms with Gasteiger partial charge >= 0.3 is 5.97 Å². The molecule has 0 aromatic carbocycles. The van der Waals surface area contributed by atoms with Crippen molar-refractivity contribution in [1.29, 1.82) is 0 Å². The van der Waals surface area contributed by atoms with E-state index >= 15 is 0 Å². The number of aliphatic carboxylic acids is 1. The number of hydrogen-bond acceptors (Lipinski definition) is 4. The van der Waals surface area contributed by atoms with Gasteiger partial charge in [0, 0.05) is 44.8 Å². The van der Waals surface area contributed by atoms with E-state index in [1.807, 2.05) is 0 Å². The summed E-state index contributed by atoms with van der Waals surface area (Å²) in [7, 11) is 0. The molecule has 7 heteroatoms. The third kappa shape index (κ3) is 3.16. The van der Waals surface area contributed by atoms with Gasteiger partial charge in [-0.15, -0.1) is 6.58 Å². The first-order valence-electron chi connectivity index (χ1n) is 8.43. The van der Waals surface area contributed by atoms with E-state index in [9.17, 15) is 19.1 Å². The number of aromatic nitrogens is 1. The van der Waals surface area contributed by atoms with Crippen molar-refractivity contribution in [3.05, 3.63) is 42.5 Å². The first-order chi connectivity index (χ1) is 12.0. The van der Waals surface area contributed by atoms with Crippen LogP contribution in [0.25, 0.3) is 0 Å². The molecule has 2 atom stereocenters. The maximum atomic E-state index is 13.9. The summed E-state index contributed by atoms with van der Waals surface area (Å²) >= 11 is 0. The Morgan fingerprint density at radius 3 is 2.96 bits per heavy atom. The number of hydrogen-bond donors (Lipinski definition) is 1. The summed E-state index contributed by atoms with van der Waals surface area (Å²) in [6, 6.07) is 1.37. The van der Waals surface area contributed by atoms with E-state index in [-0.39, 0.29) is 11.5 Å². The molecule has 0 bridgehead atoms. The highest BCUT2D eigenvalue weighted by Crippen LogP contribution is 2.43. The van der Waals surface area contributed by atoms with Crippen molar-refractivity contribution in [1.82, 2.24) is 14.8 Å². The van der Waals surface area contributed by atoms with E-state index in [4.69, 9.17) is 0 Å².